The van der Waals surface area contributed by atoms with E-state index in [2.05, 4.69) is 0 Å². The maximum Gasteiger partial charge on any atom is 0.394 e. The van der Waals surface area contributed by atoms with Crippen molar-refractivity contribution in [2.75, 3.05) is 6.61 Å². The molecule has 0 spiro atoms. The van der Waals surface area contributed by atoms with Crippen LogP contribution in [0.4, 0.5) is 22.0 Å². The molecule has 102 valence electrons. The largest absolute Gasteiger partial charge is 0.394 e. The number of hydrogen-bond donors (Lipinski definition) is 0. The number of hydrogen-bond acceptors (Lipinski definition) is 1. The zero-order chi connectivity index (χ0) is 13.6. The van der Waals surface area contributed by atoms with Crippen LogP contribution < -0.4 is 0 Å². The van der Waals surface area contributed by atoms with Crippen LogP contribution in [0.5, 0.6) is 0 Å². The third-order valence-corrected chi connectivity index (χ3v) is 2.18. The van der Waals surface area contributed by atoms with E-state index in [-0.39, 0.29) is 6.61 Å². The fourth-order valence-corrected chi connectivity index (χ4v) is 1.37. The van der Waals surface area contributed by atoms with Gasteiger partial charge in [-0.1, -0.05) is 30.3 Å². The molecule has 1 nitrogen and oxygen atoms in total. The Hall–Kier alpha value is -1.17. The monoisotopic (exact) mass is 268 g/mol. The normalized spacial score (nSPS) is 12.7. The van der Waals surface area contributed by atoms with Gasteiger partial charge in [0.05, 0.1) is 13.2 Å². The Balaban J connectivity index is 2.25. The highest BCUT2D eigenvalue weighted by Crippen LogP contribution is 2.33. The van der Waals surface area contributed by atoms with Crippen LogP contribution in [0.2, 0.25) is 0 Å². The predicted molar refractivity (Wildman–Crippen MR) is 56.3 cm³/mol. The van der Waals surface area contributed by atoms with E-state index in [1.165, 1.54) is 0 Å². The molecule has 0 aliphatic heterocycles. The van der Waals surface area contributed by atoms with Crippen LogP contribution in [0.15, 0.2) is 30.3 Å². The lowest BCUT2D eigenvalue weighted by molar-refractivity contribution is -0.191. The van der Waals surface area contributed by atoms with Crippen molar-refractivity contribution in [3.8, 4) is 0 Å². The van der Waals surface area contributed by atoms with Gasteiger partial charge in [0.1, 0.15) is 6.42 Å². The zero-order valence-corrected chi connectivity index (χ0v) is 9.51. The standard InChI is InChI=1S/C12H13F5O/c13-11(14,9-12(15,16)17)6-7-18-8-10-4-2-1-3-5-10/h1-5H,6-9H2. The van der Waals surface area contributed by atoms with Crippen LogP contribution in [0, 0.1) is 0 Å². The van der Waals surface area contributed by atoms with Crippen molar-refractivity contribution < 1.29 is 26.7 Å². The Labute approximate surface area is 102 Å². The summed E-state index contributed by atoms with van der Waals surface area (Å²) in [6.45, 7) is -0.291. The van der Waals surface area contributed by atoms with Crippen molar-refractivity contribution in [3.05, 3.63) is 35.9 Å². The van der Waals surface area contributed by atoms with E-state index in [9.17, 15) is 22.0 Å². The maximum atomic E-state index is 12.8. The van der Waals surface area contributed by atoms with Crippen molar-refractivity contribution >= 4 is 0 Å². The molecular weight excluding hydrogens is 255 g/mol. The summed E-state index contributed by atoms with van der Waals surface area (Å²) in [5.74, 6) is -3.77. The quantitative estimate of drug-likeness (QED) is 0.555. The van der Waals surface area contributed by atoms with Gasteiger partial charge in [0, 0.05) is 6.42 Å². The first kappa shape index (κ1) is 14.9. The zero-order valence-electron chi connectivity index (χ0n) is 9.51. The van der Waals surface area contributed by atoms with Crippen molar-refractivity contribution in [2.24, 2.45) is 0 Å². The lowest BCUT2D eigenvalue weighted by atomic mass is 10.2. The molecule has 0 unspecified atom stereocenters. The maximum absolute atomic E-state index is 12.8. The molecule has 0 radical (unpaired) electrons. The minimum Gasteiger partial charge on any atom is -0.377 e. The highest BCUT2D eigenvalue weighted by atomic mass is 19.4. The molecule has 0 amide bonds. The third-order valence-electron chi connectivity index (χ3n) is 2.18. The Kier molecular flexibility index (Phi) is 5.07. The molecule has 0 saturated heterocycles. The molecule has 6 heteroatoms. The summed E-state index contributed by atoms with van der Waals surface area (Å²) in [5, 5.41) is 0. The van der Waals surface area contributed by atoms with E-state index in [1.807, 2.05) is 0 Å². The van der Waals surface area contributed by atoms with Gasteiger partial charge in [-0.25, -0.2) is 8.78 Å². The second-order valence-electron chi connectivity index (χ2n) is 3.94. The molecule has 0 saturated carbocycles. The number of benzene rings is 1. The summed E-state index contributed by atoms with van der Waals surface area (Å²) in [4.78, 5) is 0. The van der Waals surface area contributed by atoms with Gasteiger partial charge in [0.15, 0.2) is 0 Å². The average Bonchev–Trinajstić information content (AvgIpc) is 2.23. The van der Waals surface area contributed by atoms with Gasteiger partial charge < -0.3 is 4.74 Å². The van der Waals surface area contributed by atoms with Crippen molar-refractivity contribution in [1.29, 1.82) is 0 Å². The molecule has 0 heterocycles. The summed E-state index contributed by atoms with van der Waals surface area (Å²) in [7, 11) is 0. The van der Waals surface area contributed by atoms with E-state index in [0.29, 0.717) is 0 Å². The summed E-state index contributed by atoms with van der Waals surface area (Å²) in [5.41, 5.74) is 0.789. The van der Waals surface area contributed by atoms with Crippen molar-refractivity contribution in [3.63, 3.8) is 0 Å². The number of ether oxygens (including phenoxy) is 1. The first-order valence-electron chi connectivity index (χ1n) is 5.35. The highest BCUT2D eigenvalue weighted by molar-refractivity contribution is 5.13. The van der Waals surface area contributed by atoms with E-state index < -0.39 is 31.5 Å². The molecule has 0 bridgehead atoms. The molecule has 0 N–H and O–H groups in total. The number of rotatable bonds is 6. The highest BCUT2D eigenvalue weighted by Gasteiger charge is 2.43. The Morgan fingerprint density at radius 3 is 2.11 bits per heavy atom. The number of halogens is 5. The lowest BCUT2D eigenvalue weighted by Gasteiger charge is -2.17. The van der Waals surface area contributed by atoms with Gasteiger partial charge in [-0.3, -0.25) is 0 Å². The molecule has 1 rings (SSSR count). The van der Waals surface area contributed by atoms with Crippen LogP contribution in [0.3, 0.4) is 0 Å². The Morgan fingerprint density at radius 1 is 0.944 bits per heavy atom. The van der Waals surface area contributed by atoms with Crippen LogP contribution in [0.1, 0.15) is 18.4 Å². The SMILES string of the molecule is FC(F)(F)CC(F)(F)CCOCc1ccccc1. The van der Waals surface area contributed by atoms with Crippen LogP contribution in [-0.2, 0) is 11.3 Å². The molecule has 0 atom stereocenters. The molecule has 18 heavy (non-hydrogen) atoms. The molecule has 0 aromatic heterocycles. The Morgan fingerprint density at radius 2 is 1.56 bits per heavy atom. The van der Waals surface area contributed by atoms with Gasteiger partial charge in [-0.05, 0) is 5.56 Å². The van der Waals surface area contributed by atoms with E-state index in [4.69, 9.17) is 4.74 Å². The van der Waals surface area contributed by atoms with E-state index in [0.717, 1.165) is 5.56 Å². The second-order valence-corrected chi connectivity index (χ2v) is 3.94. The minimum atomic E-state index is -4.86. The molecular formula is C12H13F5O. The summed E-state index contributed by atoms with van der Waals surface area (Å²) < 4.78 is 66.0. The van der Waals surface area contributed by atoms with Gasteiger partial charge in [-0.2, -0.15) is 13.2 Å². The molecule has 0 fully saturated rings. The van der Waals surface area contributed by atoms with Gasteiger partial charge >= 0.3 is 6.18 Å². The topological polar surface area (TPSA) is 9.23 Å². The summed E-state index contributed by atoms with van der Waals surface area (Å²) in [6.07, 6.45) is -7.89. The fourth-order valence-electron chi connectivity index (χ4n) is 1.37. The lowest BCUT2D eigenvalue weighted by Crippen LogP contribution is -2.27. The first-order valence-corrected chi connectivity index (χ1v) is 5.35. The van der Waals surface area contributed by atoms with Crippen LogP contribution >= 0.6 is 0 Å². The van der Waals surface area contributed by atoms with Gasteiger partial charge in [-0.15, -0.1) is 0 Å². The molecule has 0 aliphatic carbocycles. The van der Waals surface area contributed by atoms with Crippen molar-refractivity contribution in [2.45, 2.75) is 31.5 Å². The smallest absolute Gasteiger partial charge is 0.377 e. The molecule has 1 aromatic carbocycles. The van der Waals surface area contributed by atoms with Gasteiger partial charge in [0.25, 0.3) is 5.92 Å². The molecule has 0 aliphatic rings. The Bertz CT molecular complexity index is 347. The van der Waals surface area contributed by atoms with Gasteiger partial charge in [0.2, 0.25) is 0 Å². The van der Waals surface area contributed by atoms with E-state index in [1.54, 1.807) is 30.3 Å². The number of alkyl halides is 5. The summed E-state index contributed by atoms with van der Waals surface area (Å²) >= 11 is 0. The fraction of sp³-hybridized carbons (Fsp3) is 0.500. The average molecular weight is 268 g/mol. The predicted octanol–water partition coefficient (Wildman–Crippen LogP) is 4.18. The molecule has 1 aromatic rings. The third kappa shape index (κ3) is 6.54. The first-order chi connectivity index (χ1) is 8.29. The van der Waals surface area contributed by atoms with Crippen LogP contribution in [-0.4, -0.2) is 18.7 Å². The van der Waals surface area contributed by atoms with E-state index >= 15 is 0 Å². The van der Waals surface area contributed by atoms with Crippen molar-refractivity contribution in [1.82, 2.24) is 0 Å². The minimum absolute atomic E-state index is 0.114. The van der Waals surface area contributed by atoms with Crippen LogP contribution in [0.25, 0.3) is 0 Å². The summed E-state index contributed by atoms with van der Waals surface area (Å²) in [6, 6.07) is 8.80. The second kappa shape index (κ2) is 6.13.